The Balaban J connectivity index is 2.06. The first-order chi connectivity index (χ1) is 9.50. The highest BCUT2D eigenvalue weighted by atomic mass is 79.9. The molecule has 1 unspecified atom stereocenters. The quantitative estimate of drug-likeness (QED) is 0.672. The minimum atomic E-state index is -0.411. The molecule has 6 nitrogen and oxygen atoms in total. The maximum absolute atomic E-state index is 10.9. The van der Waals surface area contributed by atoms with Crippen LogP contribution in [0.3, 0.4) is 0 Å². The lowest BCUT2D eigenvalue weighted by Gasteiger charge is -2.32. The number of rotatable bonds is 4. The lowest BCUT2D eigenvalue weighted by molar-refractivity contribution is -0.385. The molecule has 1 saturated heterocycles. The van der Waals surface area contributed by atoms with E-state index in [1.54, 1.807) is 6.92 Å². The summed E-state index contributed by atoms with van der Waals surface area (Å²) in [6.45, 7) is 3.65. The molecule has 1 atom stereocenters. The fourth-order valence-electron chi connectivity index (χ4n) is 2.49. The summed E-state index contributed by atoms with van der Waals surface area (Å²) in [5.41, 5.74) is 0.640. The molecule has 1 aliphatic heterocycles. The largest absolute Gasteiger partial charge is 0.368 e. The molecule has 2 heterocycles. The number of likely N-dealkylation sites (tertiary alicyclic amines) is 1. The maximum Gasteiger partial charge on any atom is 0.291 e. The van der Waals surface area contributed by atoms with Crippen LogP contribution in [0.5, 0.6) is 0 Å². The van der Waals surface area contributed by atoms with Crippen LogP contribution in [0.25, 0.3) is 0 Å². The van der Waals surface area contributed by atoms with E-state index in [1.807, 2.05) is 0 Å². The van der Waals surface area contributed by atoms with Crippen molar-refractivity contribution in [2.75, 3.05) is 25.5 Å². The predicted octanol–water partition coefficient (Wildman–Crippen LogP) is 2.96. The van der Waals surface area contributed by atoms with Crippen LogP contribution in [0.4, 0.5) is 11.5 Å². The zero-order valence-corrected chi connectivity index (χ0v) is 13.3. The smallest absolute Gasteiger partial charge is 0.291 e. The molecule has 0 amide bonds. The van der Waals surface area contributed by atoms with E-state index >= 15 is 0 Å². The summed E-state index contributed by atoms with van der Waals surface area (Å²) in [5.74, 6) is 0.673. The predicted molar refractivity (Wildman–Crippen MR) is 82.1 cm³/mol. The van der Waals surface area contributed by atoms with Crippen molar-refractivity contribution in [3.05, 3.63) is 26.3 Å². The van der Waals surface area contributed by atoms with E-state index in [4.69, 9.17) is 0 Å². The standard InChI is InChI=1S/C13H19BrN4O2/c1-9-11(18(19)20)8-16-13(12(9)14)15-7-10-5-3-4-6-17(10)2/h8,10H,3-7H2,1-2H3,(H,15,16). The van der Waals surface area contributed by atoms with Gasteiger partial charge in [0.1, 0.15) is 12.0 Å². The molecule has 0 aromatic carbocycles. The Morgan fingerprint density at radius 3 is 3.00 bits per heavy atom. The monoisotopic (exact) mass is 342 g/mol. The molecule has 1 aromatic heterocycles. The van der Waals surface area contributed by atoms with Gasteiger partial charge in [0.15, 0.2) is 0 Å². The number of nitrogens with zero attached hydrogens (tertiary/aromatic N) is 3. The van der Waals surface area contributed by atoms with Crippen molar-refractivity contribution >= 4 is 27.4 Å². The molecule has 7 heteroatoms. The Morgan fingerprint density at radius 1 is 1.60 bits per heavy atom. The van der Waals surface area contributed by atoms with Gasteiger partial charge >= 0.3 is 0 Å². The van der Waals surface area contributed by atoms with E-state index in [-0.39, 0.29) is 5.69 Å². The molecule has 0 saturated carbocycles. The van der Waals surface area contributed by atoms with Gasteiger partial charge in [-0.25, -0.2) is 4.98 Å². The second kappa shape index (κ2) is 6.49. The third-order valence-corrected chi connectivity index (χ3v) is 4.83. The second-order valence-electron chi connectivity index (χ2n) is 5.20. The van der Waals surface area contributed by atoms with Crippen molar-refractivity contribution in [3.8, 4) is 0 Å². The molecule has 1 aromatic rings. The Kier molecular flexibility index (Phi) is 4.93. The van der Waals surface area contributed by atoms with Gasteiger partial charge in [0.2, 0.25) is 0 Å². The van der Waals surface area contributed by atoms with Gasteiger partial charge in [-0.1, -0.05) is 6.42 Å². The number of hydrogen-bond donors (Lipinski definition) is 1. The van der Waals surface area contributed by atoms with E-state index in [9.17, 15) is 10.1 Å². The van der Waals surface area contributed by atoms with Gasteiger partial charge in [0, 0.05) is 18.2 Å². The zero-order valence-electron chi connectivity index (χ0n) is 11.7. The molecular weight excluding hydrogens is 324 g/mol. The molecule has 1 fully saturated rings. The van der Waals surface area contributed by atoms with Crippen molar-refractivity contribution < 1.29 is 4.92 Å². The molecule has 2 rings (SSSR count). The minimum absolute atomic E-state index is 0.0391. The average molecular weight is 343 g/mol. The summed E-state index contributed by atoms with van der Waals surface area (Å²) in [4.78, 5) is 16.9. The first kappa shape index (κ1) is 15.2. The van der Waals surface area contributed by atoms with Crippen LogP contribution in [-0.4, -0.2) is 41.0 Å². The van der Waals surface area contributed by atoms with E-state index in [0.717, 1.165) is 13.1 Å². The molecule has 20 heavy (non-hydrogen) atoms. The molecule has 1 aliphatic rings. The molecule has 0 bridgehead atoms. The lowest BCUT2D eigenvalue weighted by atomic mass is 10.0. The van der Waals surface area contributed by atoms with Crippen LogP contribution in [0, 0.1) is 17.0 Å². The van der Waals surface area contributed by atoms with E-state index in [1.165, 1.54) is 25.5 Å². The SMILES string of the molecule is Cc1c([N+](=O)[O-])cnc(NCC2CCCCN2C)c1Br. The maximum atomic E-state index is 10.9. The third-order valence-electron chi connectivity index (χ3n) is 3.86. The summed E-state index contributed by atoms with van der Waals surface area (Å²) < 4.78 is 0.671. The number of piperidine rings is 1. The molecular formula is C13H19BrN4O2. The molecule has 0 radical (unpaired) electrons. The Bertz CT molecular complexity index is 509. The molecule has 1 N–H and O–H groups in total. The number of aromatic nitrogens is 1. The van der Waals surface area contributed by atoms with Crippen LogP contribution in [0.1, 0.15) is 24.8 Å². The minimum Gasteiger partial charge on any atom is -0.368 e. The highest BCUT2D eigenvalue weighted by Gasteiger charge is 2.21. The van der Waals surface area contributed by atoms with Crippen LogP contribution >= 0.6 is 15.9 Å². The van der Waals surface area contributed by atoms with Crippen molar-refractivity contribution in [1.29, 1.82) is 0 Å². The fourth-order valence-corrected chi connectivity index (χ4v) is 2.94. The summed E-state index contributed by atoms with van der Waals surface area (Å²) >= 11 is 3.40. The molecule has 0 aliphatic carbocycles. The van der Waals surface area contributed by atoms with Crippen LogP contribution in [0.15, 0.2) is 10.7 Å². The topological polar surface area (TPSA) is 71.3 Å². The van der Waals surface area contributed by atoms with Gasteiger partial charge in [-0.15, -0.1) is 0 Å². The van der Waals surface area contributed by atoms with Gasteiger partial charge in [0.25, 0.3) is 5.69 Å². The first-order valence-corrected chi connectivity index (χ1v) is 7.53. The van der Waals surface area contributed by atoms with Gasteiger partial charge < -0.3 is 10.2 Å². The summed E-state index contributed by atoms with van der Waals surface area (Å²) in [5, 5.41) is 14.1. The van der Waals surface area contributed by atoms with Crippen LogP contribution in [0.2, 0.25) is 0 Å². The highest BCUT2D eigenvalue weighted by Crippen LogP contribution is 2.30. The first-order valence-electron chi connectivity index (χ1n) is 6.74. The zero-order chi connectivity index (χ0) is 14.7. The lowest BCUT2D eigenvalue weighted by Crippen LogP contribution is -2.40. The summed E-state index contributed by atoms with van der Waals surface area (Å²) in [6, 6.07) is 0.493. The molecule has 0 spiro atoms. The fraction of sp³-hybridized carbons (Fsp3) is 0.615. The van der Waals surface area contributed by atoms with Gasteiger partial charge in [-0.2, -0.15) is 0 Å². The van der Waals surface area contributed by atoms with Crippen LogP contribution in [-0.2, 0) is 0 Å². The number of halogens is 1. The average Bonchev–Trinajstić information content (AvgIpc) is 2.41. The van der Waals surface area contributed by atoms with Crippen molar-refractivity contribution in [2.24, 2.45) is 0 Å². The van der Waals surface area contributed by atoms with Gasteiger partial charge in [-0.3, -0.25) is 10.1 Å². The highest BCUT2D eigenvalue weighted by molar-refractivity contribution is 9.10. The Hall–Kier alpha value is -1.21. The Morgan fingerprint density at radius 2 is 2.35 bits per heavy atom. The van der Waals surface area contributed by atoms with E-state index < -0.39 is 4.92 Å². The van der Waals surface area contributed by atoms with E-state index in [2.05, 4.69) is 38.2 Å². The van der Waals surface area contributed by atoms with Crippen LogP contribution < -0.4 is 5.32 Å². The number of hydrogen-bond acceptors (Lipinski definition) is 5. The normalized spacial score (nSPS) is 19.9. The summed E-state index contributed by atoms with van der Waals surface area (Å²) in [6.07, 6.45) is 5.00. The Labute approximate surface area is 126 Å². The van der Waals surface area contributed by atoms with Crippen molar-refractivity contribution in [2.45, 2.75) is 32.2 Å². The molecule has 110 valence electrons. The third kappa shape index (κ3) is 3.27. The number of anilines is 1. The van der Waals surface area contributed by atoms with Crippen molar-refractivity contribution in [1.82, 2.24) is 9.88 Å². The second-order valence-corrected chi connectivity index (χ2v) is 5.99. The number of nitro groups is 1. The van der Waals surface area contributed by atoms with Gasteiger partial charge in [-0.05, 0) is 49.3 Å². The number of pyridine rings is 1. The number of nitrogens with one attached hydrogen (secondary N) is 1. The number of likely N-dealkylation sites (N-methyl/N-ethyl adjacent to an activating group) is 1. The van der Waals surface area contributed by atoms with Crippen molar-refractivity contribution in [3.63, 3.8) is 0 Å². The summed E-state index contributed by atoms with van der Waals surface area (Å²) in [7, 11) is 2.13. The van der Waals surface area contributed by atoms with Gasteiger partial charge in [0.05, 0.1) is 9.40 Å². The van der Waals surface area contributed by atoms with E-state index in [0.29, 0.717) is 21.9 Å².